The largest absolute Gasteiger partial charge is 0.355 e. The van der Waals surface area contributed by atoms with E-state index in [0.29, 0.717) is 59.2 Å². The Morgan fingerprint density at radius 2 is 1.87 bits per heavy atom. The number of amides is 2. The maximum Gasteiger partial charge on any atom is 0.270 e. The van der Waals surface area contributed by atoms with E-state index >= 15 is 4.39 Å². The summed E-state index contributed by atoms with van der Waals surface area (Å²) in [4.78, 5) is 52.1. The van der Waals surface area contributed by atoms with Gasteiger partial charge in [-0.25, -0.2) is 9.37 Å². The molecule has 46 heavy (non-hydrogen) atoms. The molecule has 1 aliphatic rings. The van der Waals surface area contributed by atoms with Gasteiger partial charge in [-0.05, 0) is 79.5 Å². The Balaban J connectivity index is 1.75. The zero-order chi connectivity index (χ0) is 32.9. The normalized spacial score (nSPS) is 13.9. The Bertz CT molecular complexity index is 2110. The summed E-state index contributed by atoms with van der Waals surface area (Å²) in [7, 11) is 1.47. The lowest BCUT2D eigenvalue weighted by atomic mass is 9.84. The van der Waals surface area contributed by atoms with Crippen LogP contribution < -0.4 is 10.9 Å². The van der Waals surface area contributed by atoms with Crippen LogP contribution in [0.25, 0.3) is 38.9 Å². The van der Waals surface area contributed by atoms with Gasteiger partial charge in [0.2, 0.25) is 5.91 Å². The number of carbonyl (C=O) groups excluding carboxylic acids is 2. The van der Waals surface area contributed by atoms with Crippen molar-refractivity contribution in [3.05, 3.63) is 93.4 Å². The number of piperidine rings is 1. The molecular formula is C35H36FN7O3. The quantitative estimate of drug-likeness (QED) is 0.243. The van der Waals surface area contributed by atoms with Gasteiger partial charge >= 0.3 is 0 Å². The topological polar surface area (TPSA) is 126 Å². The molecule has 1 aromatic carbocycles. The van der Waals surface area contributed by atoms with E-state index in [1.54, 1.807) is 23.4 Å². The number of aromatic nitrogens is 5. The van der Waals surface area contributed by atoms with Crippen molar-refractivity contribution in [2.75, 3.05) is 20.1 Å². The molecule has 2 N–H and O–H groups in total. The molecule has 5 heterocycles. The molecule has 1 aliphatic heterocycles. The van der Waals surface area contributed by atoms with Gasteiger partial charge in [0.05, 0.1) is 23.1 Å². The van der Waals surface area contributed by atoms with Crippen LogP contribution in [-0.4, -0.2) is 61.6 Å². The summed E-state index contributed by atoms with van der Waals surface area (Å²) in [6, 6.07) is 6.95. The molecule has 11 heteroatoms. The number of aryl methyl sites for hydroxylation is 2. The minimum absolute atomic E-state index is 0.0662. The van der Waals surface area contributed by atoms with Gasteiger partial charge in [0.25, 0.3) is 11.5 Å². The smallest absolute Gasteiger partial charge is 0.270 e. The van der Waals surface area contributed by atoms with Gasteiger partial charge in [-0.3, -0.25) is 29.0 Å². The van der Waals surface area contributed by atoms with Crippen LogP contribution in [0.1, 0.15) is 71.3 Å². The molecule has 0 radical (unpaired) electrons. The number of hydrogen-bond donors (Lipinski definition) is 2. The number of carbonyl (C=O) groups is 2. The highest BCUT2D eigenvalue weighted by Crippen LogP contribution is 2.39. The highest BCUT2D eigenvalue weighted by Gasteiger charge is 2.33. The molecule has 0 spiro atoms. The molecule has 1 fully saturated rings. The van der Waals surface area contributed by atoms with Gasteiger partial charge < -0.3 is 10.2 Å². The number of pyridine rings is 3. The number of fused-ring (bicyclic) bond motifs is 2. The Labute approximate surface area is 265 Å². The first-order valence-corrected chi connectivity index (χ1v) is 15.4. The Morgan fingerprint density at radius 3 is 2.54 bits per heavy atom. The standard InChI is InChI=1S/C35H36FN7O3/c1-7-26(44)42-14-11-21(12-15-42)28-22-16-24(36)31(27-19(4)8-9-25-23(27)17-39-41-25)40-33(22)43(35(46)29(28)34(45)37-6)32-20(5)10-13-38-30(32)18(2)3/h7-10,13,16-18,21H,1,11-12,14-15H2,2-6H3,(H,37,45)(H,39,41). The lowest BCUT2D eigenvalue weighted by Gasteiger charge is -2.33. The fourth-order valence-electron chi connectivity index (χ4n) is 6.70. The zero-order valence-electron chi connectivity index (χ0n) is 26.6. The third-order valence-corrected chi connectivity index (χ3v) is 8.98. The fraction of sp³-hybridized carbons (Fsp3) is 0.314. The number of rotatable bonds is 6. The van der Waals surface area contributed by atoms with Crippen LogP contribution in [-0.2, 0) is 4.79 Å². The molecular weight excluding hydrogens is 585 g/mol. The minimum atomic E-state index is -0.593. The summed E-state index contributed by atoms with van der Waals surface area (Å²) < 4.78 is 18.0. The number of hydrogen-bond acceptors (Lipinski definition) is 6. The summed E-state index contributed by atoms with van der Waals surface area (Å²) in [6.45, 7) is 12.1. The molecule has 0 aliphatic carbocycles. The van der Waals surface area contributed by atoms with E-state index in [9.17, 15) is 14.4 Å². The zero-order valence-corrected chi connectivity index (χ0v) is 26.6. The molecule has 4 aromatic heterocycles. The van der Waals surface area contributed by atoms with Crippen LogP contribution in [0.15, 0.2) is 54.1 Å². The van der Waals surface area contributed by atoms with E-state index in [0.717, 1.165) is 16.6 Å². The second-order valence-corrected chi connectivity index (χ2v) is 12.1. The summed E-state index contributed by atoms with van der Waals surface area (Å²) in [5.41, 5.74) is 4.10. The maximum absolute atomic E-state index is 16.6. The summed E-state index contributed by atoms with van der Waals surface area (Å²) in [5.74, 6) is -1.73. The average Bonchev–Trinajstić information content (AvgIpc) is 3.53. The van der Waals surface area contributed by atoms with Crippen LogP contribution in [0.3, 0.4) is 0 Å². The van der Waals surface area contributed by atoms with Gasteiger partial charge in [0.1, 0.15) is 22.7 Å². The molecule has 0 saturated carbocycles. The van der Waals surface area contributed by atoms with E-state index in [4.69, 9.17) is 4.98 Å². The van der Waals surface area contributed by atoms with Crippen LogP contribution in [0.5, 0.6) is 0 Å². The van der Waals surface area contributed by atoms with Gasteiger partial charge in [-0.1, -0.05) is 26.5 Å². The maximum atomic E-state index is 16.6. The summed E-state index contributed by atoms with van der Waals surface area (Å²) >= 11 is 0. The van der Waals surface area contributed by atoms with E-state index < -0.39 is 17.3 Å². The first-order valence-electron chi connectivity index (χ1n) is 15.4. The lowest BCUT2D eigenvalue weighted by Crippen LogP contribution is -2.39. The summed E-state index contributed by atoms with van der Waals surface area (Å²) in [5, 5.41) is 10.8. The van der Waals surface area contributed by atoms with E-state index in [1.807, 2.05) is 39.8 Å². The molecule has 0 bridgehead atoms. The predicted molar refractivity (Wildman–Crippen MR) is 176 cm³/mol. The van der Waals surface area contributed by atoms with Crippen molar-refractivity contribution >= 4 is 33.8 Å². The van der Waals surface area contributed by atoms with Crippen molar-refractivity contribution in [3.63, 3.8) is 0 Å². The second-order valence-electron chi connectivity index (χ2n) is 12.1. The van der Waals surface area contributed by atoms with Crippen LogP contribution >= 0.6 is 0 Å². The molecule has 6 rings (SSSR count). The highest BCUT2D eigenvalue weighted by atomic mass is 19.1. The number of likely N-dealkylation sites (tertiary alicyclic amines) is 1. The highest BCUT2D eigenvalue weighted by molar-refractivity contribution is 6.02. The van der Waals surface area contributed by atoms with Crippen molar-refractivity contribution in [2.24, 2.45) is 0 Å². The Kier molecular flexibility index (Phi) is 8.01. The summed E-state index contributed by atoms with van der Waals surface area (Å²) in [6.07, 6.45) is 5.55. The van der Waals surface area contributed by atoms with Gasteiger partial charge in [-0.2, -0.15) is 5.10 Å². The molecule has 0 unspecified atom stereocenters. The third kappa shape index (κ3) is 4.96. The Morgan fingerprint density at radius 1 is 1.13 bits per heavy atom. The third-order valence-electron chi connectivity index (χ3n) is 8.98. The van der Waals surface area contributed by atoms with Crippen molar-refractivity contribution in [2.45, 2.75) is 52.4 Å². The molecule has 1 saturated heterocycles. The minimum Gasteiger partial charge on any atom is -0.355 e. The molecule has 5 aromatic rings. The number of nitrogens with zero attached hydrogens (tertiary/aromatic N) is 5. The first-order chi connectivity index (χ1) is 22.1. The van der Waals surface area contributed by atoms with Crippen LogP contribution in [0.4, 0.5) is 4.39 Å². The number of H-pyrrole nitrogens is 1. The van der Waals surface area contributed by atoms with E-state index in [1.165, 1.54) is 23.8 Å². The number of halogens is 1. The number of nitrogens with one attached hydrogen (secondary N) is 2. The Hall–Kier alpha value is -5.19. The van der Waals surface area contributed by atoms with Crippen molar-refractivity contribution in [1.29, 1.82) is 0 Å². The first kappa shape index (κ1) is 30.8. The van der Waals surface area contributed by atoms with Crippen molar-refractivity contribution in [1.82, 2.24) is 34.9 Å². The molecule has 10 nitrogen and oxygen atoms in total. The van der Waals surface area contributed by atoms with Gasteiger partial charge in [0.15, 0.2) is 0 Å². The van der Waals surface area contributed by atoms with E-state index in [-0.39, 0.29) is 34.6 Å². The van der Waals surface area contributed by atoms with Gasteiger partial charge in [-0.15, -0.1) is 0 Å². The predicted octanol–water partition coefficient (Wildman–Crippen LogP) is 5.45. The SMILES string of the molecule is C=CC(=O)N1CCC(c2c(C(=O)NC)c(=O)n(-c3c(C)ccnc3C(C)C)c3nc(-c4c(C)ccc5[nH]ncc45)c(F)cc23)CC1. The molecule has 0 atom stereocenters. The number of benzene rings is 1. The average molecular weight is 622 g/mol. The van der Waals surface area contributed by atoms with Crippen molar-refractivity contribution < 1.29 is 14.0 Å². The molecule has 2 amide bonds. The lowest BCUT2D eigenvalue weighted by molar-refractivity contribution is -0.127. The van der Waals surface area contributed by atoms with Crippen molar-refractivity contribution in [3.8, 4) is 16.9 Å². The molecule has 236 valence electrons. The van der Waals surface area contributed by atoms with Gasteiger partial charge in [0, 0.05) is 42.7 Å². The fourth-order valence-corrected chi connectivity index (χ4v) is 6.70. The van der Waals surface area contributed by atoms with E-state index in [2.05, 4.69) is 27.1 Å². The van der Waals surface area contributed by atoms with Crippen LogP contribution in [0, 0.1) is 19.7 Å². The second kappa shape index (κ2) is 12.0. The van der Waals surface area contributed by atoms with Crippen LogP contribution in [0.2, 0.25) is 0 Å². The number of aromatic amines is 1. The monoisotopic (exact) mass is 621 g/mol.